The average Bonchev–Trinajstić information content (AvgIpc) is 2.93. The van der Waals surface area contributed by atoms with E-state index in [2.05, 4.69) is 21.2 Å². The average molecular weight is 519 g/mol. The van der Waals surface area contributed by atoms with Crippen LogP contribution < -0.4 is 25.5 Å². The molecule has 0 radical (unpaired) electrons. The smallest absolute Gasteiger partial charge is 0.338 e. The number of nitrogens with zero attached hydrogens (tertiary/aromatic N) is 1. The third-order valence-electron chi connectivity index (χ3n) is 4.86. The molecule has 0 aromatic heterocycles. The Labute approximate surface area is 218 Å². The molecule has 38 heavy (non-hydrogen) atoms. The van der Waals surface area contributed by atoms with E-state index in [9.17, 15) is 19.2 Å². The van der Waals surface area contributed by atoms with Gasteiger partial charge in [-0.3, -0.25) is 14.4 Å². The molecular weight excluding hydrogens is 492 g/mol. The summed E-state index contributed by atoms with van der Waals surface area (Å²) >= 11 is 0. The van der Waals surface area contributed by atoms with Crippen LogP contribution in [-0.4, -0.2) is 50.2 Å². The summed E-state index contributed by atoms with van der Waals surface area (Å²) in [5.74, 6) is -1.56. The molecule has 3 amide bonds. The van der Waals surface area contributed by atoms with E-state index in [0.29, 0.717) is 34.0 Å². The zero-order chi connectivity index (χ0) is 27.3. The van der Waals surface area contributed by atoms with Gasteiger partial charge in [0.05, 0.1) is 25.5 Å². The van der Waals surface area contributed by atoms with E-state index in [1.807, 2.05) is 0 Å². The summed E-state index contributed by atoms with van der Waals surface area (Å²) in [5, 5.41) is 8.89. The quantitative estimate of drug-likeness (QED) is 0.162. The SMILES string of the molecule is CCOC(=O)c1ccc(NC(=O)C(=O)N/N=C\c2ccc(OCC(=O)Nc3ccc(OC)cc3)cc2)cc1. The van der Waals surface area contributed by atoms with Crippen molar-refractivity contribution in [3.63, 3.8) is 0 Å². The molecule has 0 unspecified atom stereocenters. The van der Waals surface area contributed by atoms with E-state index in [0.717, 1.165) is 0 Å². The minimum absolute atomic E-state index is 0.184. The monoisotopic (exact) mass is 518 g/mol. The molecule has 3 rings (SSSR count). The Morgan fingerprint density at radius 3 is 2.03 bits per heavy atom. The lowest BCUT2D eigenvalue weighted by Gasteiger charge is -2.08. The van der Waals surface area contributed by atoms with Gasteiger partial charge in [0, 0.05) is 11.4 Å². The summed E-state index contributed by atoms with van der Waals surface area (Å²) < 4.78 is 15.4. The maximum Gasteiger partial charge on any atom is 0.338 e. The van der Waals surface area contributed by atoms with Crippen molar-refractivity contribution in [2.75, 3.05) is 31.0 Å². The molecule has 0 fully saturated rings. The number of esters is 1. The van der Waals surface area contributed by atoms with Gasteiger partial charge in [0.2, 0.25) is 0 Å². The van der Waals surface area contributed by atoms with Crippen molar-refractivity contribution in [1.29, 1.82) is 0 Å². The number of benzene rings is 3. The number of anilines is 2. The third kappa shape index (κ3) is 8.48. The van der Waals surface area contributed by atoms with Gasteiger partial charge < -0.3 is 24.8 Å². The highest BCUT2D eigenvalue weighted by molar-refractivity contribution is 6.39. The van der Waals surface area contributed by atoms with E-state index in [1.54, 1.807) is 62.6 Å². The highest BCUT2D eigenvalue weighted by Gasteiger charge is 2.13. The van der Waals surface area contributed by atoms with Gasteiger partial charge in [-0.25, -0.2) is 10.2 Å². The molecule has 0 aliphatic heterocycles. The molecule has 196 valence electrons. The molecule has 11 heteroatoms. The molecule has 0 aliphatic rings. The lowest BCUT2D eigenvalue weighted by molar-refractivity contribution is -0.136. The summed E-state index contributed by atoms with van der Waals surface area (Å²) in [7, 11) is 1.56. The molecule has 0 heterocycles. The van der Waals surface area contributed by atoms with Crippen molar-refractivity contribution in [3.8, 4) is 11.5 Å². The molecule has 3 aromatic rings. The van der Waals surface area contributed by atoms with Gasteiger partial charge in [-0.1, -0.05) is 0 Å². The summed E-state index contributed by atoms with van der Waals surface area (Å²) in [6, 6.07) is 19.4. The maximum absolute atomic E-state index is 12.1. The van der Waals surface area contributed by atoms with Crippen LogP contribution >= 0.6 is 0 Å². The molecule has 0 saturated carbocycles. The van der Waals surface area contributed by atoms with Crippen LogP contribution in [0.1, 0.15) is 22.8 Å². The number of methoxy groups -OCH3 is 1. The van der Waals surface area contributed by atoms with Crippen LogP contribution in [0.4, 0.5) is 11.4 Å². The molecule has 0 spiro atoms. The van der Waals surface area contributed by atoms with Crippen molar-refractivity contribution >= 4 is 41.3 Å². The molecule has 11 nitrogen and oxygen atoms in total. The van der Waals surface area contributed by atoms with Crippen LogP contribution in [0.2, 0.25) is 0 Å². The first-order valence-corrected chi connectivity index (χ1v) is 11.5. The number of carbonyl (C=O) groups excluding carboxylic acids is 4. The van der Waals surface area contributed by atoms with E-state index < -0.39 is 17.8 Å². The van der Waals surface area contributed by atoms with Crippen LogP contribution in [-0.2, 0) is 19.1 Å². The molecule has 0 saturated heterocycles. The molecule has 0 bridgehead atoms. The predicted octanol–water partition coefficient (Wildman–Crippen LogP) is 2.98. The highest BCUT2D eigenvalue weighted by atomic mass is 16.5. The molecule has 0 aliphatic carbocycles. The van der Waals surface area contributed by atoms with Crippen LogP contribution in [0, 0.1) is 0 Å². The number of amides is 3. The Morgan fingerprint density at radius 1 is 0.789 bits per heavy atom. The molecule has 3 aromatic carbocycles. The summed E-state index contributed by atoms with van der Waals surface area (Å²) in [4.78, 5) is 47.8. The largest absolute Gasteiger partial charge is 0.497 e. The fourth-order valence-corrected chi connectivity index (χ4v) is 2.98. The first-order valence-electron chi connectivity index (χ1n) is 11.5. The number of hydrogen-bond acceptors (Lipinski definition) is 8. The molecular formula is C27H26N4O7. The second kappa shape index (κ2) is 13.8. The van der Waals surface area contributed by atoms with Gasteiger partial charge in [-0.15, -0.1) is 0 Å². The van der Waals surface area contributed by atoms with Gasteiger partial charge in [0.1, 0.15) is 11.5 Å². The van der Waals surface area contributed by atoms with Crippen molar-refractivity contribution < 1.29 is 33.4 Å². The summed E-state index contributed by atoms with van der Waals surface area (Å²) in [6.45, 7) is 1.77. The van der Waals surface area contributed by atoms with Crippen molar-refractivity contribution in [3.05, 3.63) is 83.9 Å². The van der Waals surface area contributed by atoms with Gasteiger partial charge in [-0.2, -0.15) is 5.10 Å². The fourth-order valence-electron chi connectivity index (χ4n) is 2.98. The minimum atomic E-state index is -0.974. The maximum atomic E-state index is 12.1. The summed E-state index contributed by atoms with van der Waals surface area (Å²) in [6.07, 6.45) is 1.35. The van der Waals surface area contributed by atoms with Crippen molar-refractivity contribution in [2.24, 2.45) is 5.10 Å². The van der Waals surface area contributed by atoms with E-state index in [1.165, 1.54) is 30.5 Å². The van der Waals surface area contributed by atoms with Crippen molar-refractivity contribution in [1.82, 2.24) is 5.43 Å². The van der Waals surface area contributed by atoms with Gasteiger partial charge in [0.15, 0.2) is 6.61 Å². The number of carbonyl (C=O) groups is 4. The second-order valence-corrected chi connectivity index (χ2v) is 7.59. The first-order chi connectivity index (χ1) is 18.4. The Hall–Kier alpha value is -5.19. The number of rotatable bonds is 10. The van der Waals surface area contributed by atoms with E-state index in [4.69, 9.17) is 14.2 Å². The summed E-state index contributed by atoms with van der Waals surface area (Å²) in [5.41, 5.74) is 4.03. The minimum Gasteiger partial charge on any atom is -0.497 e. The topological polar surface area (TPSA) is 144 Å². The highest BCUT2D eigenvalue weighted by Crippen LogP contribution is 2.15. The third-order valence-corrected chi connectivity index (χ3v) is 4.86. The number of ether oxygens (including phenoxy) is 3. The van der Waals surface area contributed by atoms with Crippen LogP contribution in [0.3, 0.4) is 0 Å². The lowest BCUT2D eigenvalue weighted by Crippen LogP contribution is -2.32. The standard InChI is InChI=1S/C27H26N4O7/c1-3-37-27(35)19-6-8-21(9-7-19)30-25(33)26(34)31-28-16-18-4-12-23(13-5-18)38-17-24(32)29-20-10-14-22(36-2)15-11-20/h4-16H,3,17H2,1-2H3,(H,29,32)(H,30,33)(H,31,34)/b28-16-. The van der Waals surface area contributed by atoms with Crippen LogP contribution in [0.5, 0.6) is 11.5 Å². The van der Waals surface area contributed by atoms with E-state index >= 15 is 0 Å². The van der Waals surface area contributed by atoms with Gasteiger partial charge in [-0.05, 0) is 85.3 Å². The second-order valence-electron chi connectivity index (χ2n) is 7.59. The molecule has 0 atom stereocenters. The van der Waals surface area contributed by atoms with Crippen LogP contribution in [0.15, 0.2) is 77.9 Å². The zero-order valence-corrected chi connectivity index (χ0v) is 20.7. The Balaban J connectivity index is 1.41. The predicted molar refractivity (Wildman–Crippen MR) is 140 cm³/mol. The lowest BCUT2D eigenvalue weighted by atomic mass is 10.2. The first kappa shape index (κ1) is 27.4. The van der Waals surface area contributed by atoms with Crippen molar-refractivity contribution in [2.45, 2.75) is 6.92 Å². The molecule has 3 N–H and O–H groups in total. The van der Waals surface area contributed by atoms with E-state index in [-0.39, 0.29) is 19.1 Å². The normalized spacial score (nSPS) is 10.4. The Bertz CT molecular complexity index is 1290. The van der Waals surface area contributed by atoms with Crippen LogP contribution in [0.25, 0.3) is 0 Å². The fraction of sp³-hybridized carbons (Fsp3) is 0.148. The Kier molecular flexibility index (Phi) is 9.94. The number of hydrogen-bond donors (Lipinski definition) is 3. The van der Waals surface area contributed by atoms with Gasteiger partial charge >= 0.3 is 17.8 Å². The Morgan fingerprint density at radius 2 is 1.39 bits per heavy atom. The zero-order valence-electron chi connectivity index (χ0n) is 20.7. The number of nitrogens with one attached hydrogen (secondary N) is 3. The number of hydrazone groups is 1. The van der Waals surface area contributed by atoms with Gasteiger partial charge in [0.25, 0.3) is 5.91 Å².